The number of rotatable bonds is 6. The molecule has 1 aromatic rings. The molecule has 1 N–H and O–H groups in total. The van der Waals surface area contributed by atoms with Crippen LogP contribution in [0.3, 0.4) is 0 Å². The van der Waals surface area contributed by atoms with E-state index in [9.17, 15) is 8.42 Å². The van der Waals surface area contributed by atoms with Crippen LogP contribution in [-0.2, 0) is 9.84 Å². The first-order valence-corrected chi connectivity index (χ1v) is 7.48. The third-order valence-electron chi connectivity index (χ3n) is 2.08. The molecular weight excluding hydrogens is 234 g/mol. The lowest BCUT2D eigenvalue weighted by Crippen LogP contribution is -2.16. The van der Waals surface area contributed by atoms with Gasteiger partial charge >= 0.3 is 0 Å². The summed E-state index contributed by atoms with van der Waals surface area (Å²) >= 11 is 1.34. The van der Waals surface area contributed by atoms with Gasteiger partial charge in [0.05, 0.1) is 11.1 Å². The van der Waals surface area contributed by atoms with Crippen LogP contribution < -0.4 is 5.32 Å². The molecule has 0 radical (unpaired) electrons. The minimum Gasteiger partial charge on any atom is -0.312 e. The van der Waals surface area contributed by atoms with Gasteiger partial charge in [-0.15, -0.1) is 5.10 Å². The SMILES string of the molecule is CNC(CCCS(C)(=O)=O)c1cnns1. The van der Waals surface area contributed by atoms with E-state index in [-0.39, 0.29) is 11.8 Å². The molecule has 1 rings (SSSR count). The molecule has 0 aliphatic rings. The van der Waals surface area contributed by atoms with E-state index in [1.807, 2.05) is 7.05 Å². The topological polar surface area (TPSA) is 72.0 Å². The molecule has 0 aliphatic carbocycles. The second kappa shape index (κ2) is 5.53. The Morgan fingerprint density at radius 2 is 2.33 bits per heavy atom. The molecule has 1 heterocycles. The summed E-state index contributed by atoms with van der Waals surface area (Å²) in [6.45, 7) is 0. The predicted octanol–water partition coefficient (Wildman–Crippen LogP) is 0.623. The van der Waals surface area contributed by atoms with Crippen molar-refractivity contribution in [3.05, 3.63) is 11.1 Å². The summed E-state index contributed by atoms with van der Waals surface area (Å²) < 4.78 is 25.7. The van der Waals surface area contributed by atoms with Gasteiger partial charge in [-0.2, -0.15) is 0 Å². The smallest absolute Gasteiger partial charge is 0.147 e. The van der Waals surface area contributed by atoms with Crippen LogP contribution in [0.2, 0.25) is 0 Å². The number of aromatic nitrogens is 2. The molecule has 0 aliphatic heterocycles. The average molecular weight is 249 g/mol. The van der Waals surface area contributed by atoms with Crippen molar-refractivity contribution < 1.29 is 8.42 Å². The number of sulfone groups is 1. The Bertz CT molecular complexity index is 375. The lowest BCUT2D eigenvalue weighted by Gasteiger charge is -2.12. The van der Waals surface area contributed by atoms with Crippen LogP contribution in [-0.4, -0.2) is 37.1 Å². The number of nitrogens with zero attached hydrogens (tertiary/aromatic N) is 2. The highest BCUT2D eigenvalue weighted by atomic mass is 32.2. The van der Waals surface area contributed by atoms with Gasteiger partial charge < -0.3 is 5.32 Å². The Morgan fingerprint density at radius 1 is 1.60 bits per heavy atom. The van der Waals surface area contributed by atoms with Gasteiger partial charge in [-0.1, -0.05) is 4.49 Å². The zero-order valence-electron chi connectivity index (χ0n) is 8.80. The third kappa shape index (κ3) is 4.67. The van der Waals surface area contributed by atoms with Crippen LogP contribution >= 0.6 is 11.5 Å². The van der Waals surface area contributed by atoms with Crippen LogP contribution in [0.5, 0.6) is 0 Å². The van der Waals surface area contributed by atoms with E-state index in [4.69, 9.17) is 0 Å². The van der Waals surface area contributed by atoms with E-state index >= 15 is 0 Å². The van der Waals surface area contributed by atoms with Gasteiger partial charge in [-0.05, 0) is 31.4 Å². The maximum atomic E-state index is 10.9. The Labute approximate surface area is 94.0 Å². The molecule has 0 saturated carbocycles. The maximum absolute atomic E-state index is 10.9. The fraction of sp³-hybridized carbons (Fsp3) is 0.750. The molecule has 15 heavy (non-hydrogen) atoms. The van der Waals surface area contributed by atoms with Crippen LogP contribution in [0.1, 0.15) is 23.8 Å². The summed E-state index contributed by atoms with van der Waals surface area (Å²) in [6.07, 6.45) is 4.41. The third-order valence-corrected chi connectivity index (χ3v) is 3.89. The molecule has 0 aromatic carbocycles. The molecule has 0 amide bonds. The van der Waals surface area contributed by atoms with Crippen molar-refractivity contribution in [3.63, 3.8) is 0 Å². The van der Waals surface area contributed by atoms with Crippen molar-refractivity contribution in [2.45, 2.75) is 18.9 Å². The Hall–Kier alpha value is -0.530. The van der Waals surface area contributed by atoms with Gasteiger partial charge in [0, 0.05) is 18.1 Å². The van der Waals surface area contributed by atoms with Crippen LogP contribution in [0, 0.1) is 0 Å². The summed E-state index contributed by atoms with van der Waals surface area (Å²) in [4.78, 5) is 1.05. The van der Waals surface area contributed by atoms with Crippen molar-refractivity contribution in [1.29, 1.82) is 0 Å². The highest BCUT2D eigenvalue weighted by Gasteiger charge is 2.12. The molecule has 86 valence electrons. The summed E-state index contributed by atoms with van der Waals surface area (Å²) in [7, 11) is -1.00. The lowest BCUT2D eigenvalue weighted by molar-refractivity contribution is 0.542. The van der Waals surface area contributed by atoms with E-state index in [2.05, 4.69) is 14.9 Å². The van der Waals surface area contributed by atoms with Gasteiger partial charge in [-0.25, -0.2) is 8.42 Å². The second-order valence-electron chi connectivity index (χ2n) is 3.43. The lowest BCUT2D eigenvalue weighted by atomic mass is 10.1. The molecule has 1 atom stereocenters. The molecule has 0 spiro atoms. The summed E-state index contributed by atoms with van der Waals surface area (Å²) in [5.41, 5.74) is 0. The molecule has 0 fully saturated rings. The molecule has 1 aromatic heterocycles. The van der Waals surface area contributed by atoms with E-state index in [1.54, 1.807) is 6.20 Å². The first-order chi connectivity index (χ1) is 7.03. The Kier molecular flexibility index (Phi) is 4.62. The first kappa shape index (κ1) is 12.5. The number of hydrogen-bond acceptors (Lipinski definition) is 6. The van der Waals surface area contributed by atoms with E-state index in [0.717, 1.165) is 11.3 Å². The van der Waals surface area contributed by atoms with E-state index in [0.29, 0.717) is 6.42 Å². The first-order valence-electron chi connectivity index (χ1n) is 4.65. The number of hydrogen-bond donors (Lipinski definition) is 1. The Balaban J connectivity index is 2.42. The van der Waals surface area contributed by atoms with Gasteiger partial charge in [-0.3, -0.25) is 0 Å². The van der Waals surface area contributed by atoms with Gasteiger partial charge in [0.15, 0.2) is 0 Å². The molecular formula is C8H15N3O2S2. The zero-order valence-corrected chi connectivity index (χ0v) is 10.4. The summed E-state index contributed by atoms with van der Waals surface area (Å²) in [5.74, 6) is 0.234. The fourth-order valence-electron chi connectivity index (χ4n) is 1.31. The fourth-order valence-corrected chi connectivity index (χ4v) is 2.64. The quantitative estimate of drug-likeness (QED) is 0.800. The highest BCUT2D eigenvalue weighted by molar-refractivity contribution is 7.90. The van der Waals surface area contributed by atoms with Crippen molar-refractivity contribution in [2.75, 3.05) is 19.1 Å². The zero-order chi connectivity index (χ0) is 11.3. The molecule has 0 saturated heterocycles. The average Bonchev–Trinajstić information content (AvgIpc) is 2.63. The van der Waals surface area contributed by atoms with Crippen molar-refractivity contribution in [3.8, 4) is 0 Å². The highest BCUT2D eigenvalue weighted by Crippen LogP contribution is 2.20. The van der Waals surface area contributed by atoms with Crippen LogP contribution in [0.25, 0.3) is 0 Å². The van der Waals surface area contributed by atoms with Gasteiger partial charge in [0.1, 0.15) is 9.84 Å². The maximum Gasteiger partial charge on any atom is 0.147 e. The minimum absolute atomic E-state index is 0.159. The van der Waals surface area contributed by atoms with Gasteiger partial charge in [0.25, 0.3) is 0 Å². The van der Waals surface area contributed by atoms with Crippen LogP contribution in [0.15, 0.2) is 6.20 Å². The van der Waals surface area contributed by atoms with E-state index < -0.39 is 9.84 Å². The van der Waals surface area contributed by atoms with Crippen LogP contribution in [0.4, 0.5) is 0 Å². The van der Waals surface area contributed by atoms with E-state index in [1.165, 1.54) is 17.8 Å². The normalized spacial score (nSPS) is 14.0. The largest absolute Gasteiger partial charge is 0.312 e. The van der Waals surface area contributed by atoms with Gasteiger partial charge in [0.2, 0.25) is 0 Å². The number of nitrogens with one attached hydrogen (secondary N) is 1. The molecule has 7 heteroatoms. The van der Waals surface area contributed by atoms with Crippen molar-refractivity contribution in [1.82, 2.24) is 14.9 Å². The Morgan fingerprint density at radius 3 is 2.80 bits per heavy atom. The standard InChI is InChI=1S/C8H15N3O2S2/c1-9-7(8-6-10-11-14-8)4-3-5-15(2,12)13/h6-7,9H,3-5H2,1-2H3. The molecule has 1 unspecified atom stereocenters. The second-order valence-corrected chi connectivity index (χ2v) is 6.51. The van der Waals surface area contributed by atoms with Crippen molar-refractivity contribution >= 4 is 21.4 Å². The molecule has 0 bridgehead atoms. The summed E-state index contributed by atoms with van der Waals surface area (Å²) in [5, 5.41) is 6.88. The van der Waals surface area contributed by atoms with Crippen molar-refractivity contribution in [2.24, 2.45) is 0 Å². The predicted molar refractivity (Wildman–Crippen MR) is 60.7 cm³/mol. The minimum atomic E-state index is -2.85. The molecule has 5 nitrogen and oxygen atoms in total. The monoisotopic (exact) mass is 249 g/mol. The summed E-state index contributed by atoms with van der Waals surface area (Å²) in [6, 6.07) is 0.159.